The highest BCUT2D eigenvalue weighted by molar-refractivity contribution is 9.10. The van der Waals surface area contributed by atoms with Gasteiger partial charge in [0.15, 0.2) is 0 Å². The van der Waals surface area contributed by atoms with Crippen LogP contribution in [-0.4, -0.2) is 47.2 Å². The number of aliphatic hydroxyl groups is 1. The van der Waals surface area contributed by atoms with Gasteiger partial charge >= 0.3 is 6.03 Å². The second kappa shape index (κ2) is 9.34. The lowest BCUT2D eigenvalue weighted by molar-refractivity contribution is -0.0254. The molecule has 2 amide bonds. The topological polar surface area (TPSA) is 77.5 Å². The summed E-state index contributed by atoms with van der Waals surface area (Å²) >= 11 is 3.44. The first-order valence-corrected chi connectivity index (χ1v) is 11.3. The van der Waals surface area contributed by atoms with Gasteiger partial charge < -0.3 is 20.6 Å². The zero-order valence-corrected chi connectivity index (χ0v) is 19.2. The molecule has 6 nitrogen and oxygen atoms in total. The SMILES string of the molecule is Cc1cc(NC(=O)NCCN2CCC(O)(c3ccc(Br)cc3)CC2)c2ccccc2n1. The summed E-state index contributed by atoms with van der Waals surface area (Å²) in [6.45, 7) is 4.81. The molecule has 0 radical (unpaired) electrons. The van der Waals surface area contributed by atoms with Gasteiger partial charge in [-0.05, 0) is 49.6 Å². The average Bonchev–Trinajstić information content (AvgIpc) is 2.75. The first-order chi connectivity index (χ1) is 14.9. The third kappa shape index (κ3) is 5.23. The van der Waals surface area contributed by atoms with Crippen LogP contribution in [0.2, 0.25) is 0 Å². The Bertz CT molecular complexity index is 1060. The number of nitrogens with zero attached hydrogens (tertiary/aromatic N) is 2. The summed E-state index contributed by atoms with van der Waals surface area (Å²) in [5, 5.41) is 17.8. The third-order valence-corrected chi connectivity index (χ3v) is 6.40. The average molecular weight is 483 g/mol. The van der Waals surface area contributed by atoms with E-state index >= 15 is 0 Å². The molecule has 31 heavy (non-hydrogen) atoms. The van der Waals surface area contributed by atoms with Crippen LogP contribution in [0.3, 0.4) is 0 Å². The number of aryl methyl sites for hydroxylation is 1. The summed E-state index contributed by atoms with van der Waals surface area (Å²) < 4.78 is 1.01. The standard InChI is InChI=1S/C24H27BrN4O2/c1-17-16-22(20-4-2-3-5-21(20)27-17)28-23(30)26-12-15-29-13-10-24(31,11-14-29)18-6-8-19(25)9-7-18/h2-9,16,31H,10-15H2,1H3,(H2,26,27,28,30). The Balaban J connectivity index is 1.26. The Hall–Kier alpha value is -2.48. The first-order valence-electron chi connectivity index (χ1n) is 10.5. The van der Waals surface area contributed by atoms with Crippen LogP contribution >= 0.6 is 15.9 Å². The van der Waals surface area contributed by atoms with Crippen LogP contribution in [0.4, 0.5) is 10.5 Å². The normalized spacial score (nSPS) is 16.2. The van der Waals surface area contributed by atoms with Crippen LogP contribution < -0.4 is 10.6 Å². The number of carbonyl (C=O) groups excluding carboxylic acids is 1. The van der Waals surface area contributed by atoms with E-state index in [1.807, 2.05) is 61.5 Å². The maximum absolute atomic E-state index is 12.4. The zero-order chi connectivity index (χ0) is 21.8. The molecular weight excluding hydrogens is 456 g/mol. The van der Waals surface area contributed by atoms with E-state index in [9.17, 15) is 9.90 Å². The number of carbonyl (C=O) groups is 1. The molecule has 0 bridgehead atoms. The van der Waals surface area contributed by atoms with Crippen molar-refractivity contribution in [3.63, 3.8) is 0 Å². The highest BCUT2D eigenvalue weighted by Crippen LogP contribution is 2.33. The summed E-state index contributed by atoms with van der Waals surface area (Å²) in [6, 6.07) is 17.3. The van der Waals surface area contributed by atoms with Gasteiger partial charge in [0, 0.05) is 41.7 Å². The molecular formula is C24H27BrN4O2. The molecule has 0 aliphatic carbocycles. The number of anilines is 1. The molecule has 4 rings (SSSR count). The van der Waals surface area contributed by atoms with Gasteiger partial charge in [-0.3, -0.25) is 4.98 Å². The molecule has 1 fully saturated rings. The molecule has 0 atom stereocenters. The molecule has 3 N–H and O–H groups in total. The molecule has 0 unspecified atom stereocenters. The number of aromatic nitrogens is 1. The van der Waals surface area contributed by atoms with E-state index in [0.717, 1.165) is 52.0 Å². The molecule has 1 saturated heterocycles. The van der Waals surface area contributed by atoms with E-state index in [2.05, 4.69) is 36.4 Å². The molecule has 1 aliphatic heterocycles. The van der Waals surface area contributed by atoms with Gasteiger partial charge in [-0.15, -0.1) is 0 Å². The van der Waals surface area contributed by atoms with Crippen LogP contribution in [0.25, 0.3) is 10.9 Å². The predicted molar refractivity (Wildman–Crippen MR) is 127 cm³/mol. The summed E-state index contributed by atoms with van der Waals surface area (Å²) in [5.74, 6) is 0. The van der Waals surface area contributed by atoms with E-state index < -0.39 is 5.60 Å². The lowest BCUT2D eigenvalue weighted by Gasteiger charge is -2.38. The molecule has 2 aromatic carbocycles. The summed E-state index contributed by atoms with van der Waals surface area (Å²) in [6.07, 6.45) is 1.37. The number of piperidine rings is 1. The quantitative estimate of drug-likeness (QED) is 0.503. The number of pyridine rings is 1. The van der Waals surface area contributed by atoms with E-state index in [0.29, 0.717) is 19.4 Å². The Kier molecular flexibility index (Phi) is 6.55. The second-order valence-electron chi connectivity index (χ2n) is 8.09. The summed E-state index contributed by atoms with van der Waals surface area (Å²) in [4.78, 5) is 19.2. The van der Waals surface area contributed by atoms with Crippen molar-refractivity contribution in [2.45, 2.75) is 25.4 Å². The lowest BCUT2D eigenvalue weighted by atomic mass is 9.84. The number of likely N-dealkylation sites (tertiary alicyclic amines) is 1. The van der Waals surface area contributed by atoms with Gasteiger partial charge in [-0.25, -0.2) is 4.79 Å². The minimum absolute atomic E-state index is 0.223. The third-order valence-electron chi connectivity index (χ3n) is 5.87. The van der Waals surface area contributed by atoms with Crippen molar-refractivity contribution in [1.29, 1.82) is 0 Å². The van der Waals surface area contributed by atoms with Crippen molar-refractivity contribution in [3.8, 4) is 0 Å². The van der Waals surface area contributed by atoms with Crippen molar-refractivity contribution in [1.82, 2.24) is 15.2 Å². The fourth-order valence-electron chi connectivity index (χ4n) is 4.10. The number of hydrogen-bond donors (Lipinski definition) is 3. The number of amides is 2. The minimum Gasteiger partial charge on any atom is -0.385 e. The van der Waals surface area contributed by atoms with Gasteiger partial charge in [0.25, 0.3) is 0 Å². The summed E-state index contributed by atoms with van der Waals surface area (Å²) in [5.41, 5.74) is 2.68. The molecule has 162 valence electrons. The van der Waals surface area contributed by atoms with E-state index in [-0.39, 0.29) is 6.03 Å². The fraction of sp³-hybridized carbons (Fsp3) is 0.333. The number of para-hydroxylation sites is 1. The zero-order valence-electron chi connectivity index (χ0n) is 17.6. The van der Waals surface area contributed by atoms with E-state index in [1.54, 1.807) is 0 Å². The van der Waals surface area contributed by atoms with Gasteiger partial charge in [0.1, 0.15) is 0 Å². The van der Waals surface area contributed by atoms with E-state index in [4.69, 9.17) is 0 Å². The highest BCUT2D eigenvalue weighted by Gasteiger charge is 2.33. The molecule has 7 heteroatoms. The van der Waals surface area contributed by atoms with Gasteiger partial charge in [-0.1, -0.05) is 46.3 Å². The Morgan fingerprint density at radius 3 is 2.61 bits per heavy atom. The smallest absolute Gasteiger partial charge is 0.319 e. The first kappa shape index (κ1) is 21.7. The van der Waals surface area contributed by atoms with Crippen molar-refractivity contribution < 1.29 is 9.90 Å². The van der Waals surface area contributed by atoms with Crippen molar-refractivity contribution in [3.05, 3.63) is 70.3 Å². The van der Waals surface area contributed by atoms with Crippen molar-refractivity contribution in [2.75, 3.05) is 31.5 Å². The number of fused-ring (bicyclic) bond motifs is 1. The predicted octanol–water partition coefficient (Wildman–Crippen LogP) is 4.41. The van der Waals surface area contributed by atoms with Crippen LogP contribution in [-0.2, 0) is 5.60 Å². The van der Waals surface area contributed by atoms with Crippen LogP contribution in [0, 0.1) is 6.92 Å². The Morgan fingerprint density at radius 2 is 1.87 bits per heavy atom. The van der Waals surface area contributed by atoms with Crippen LogP contribution in [0.5, 0.6) is 0 Å². The number of rotatable bonds is 5. The van der Waals surface area contributed by atoms with Gasteiger partial charge in [0.2, 0.25) is 0 Å². The van der Waals surface area contributed by atoms with Gasteiger partial charge in [0.05, 0.1) is 16.8 Å². The Morgan fingerprint density at radius 1 is 1.16 bits per heavy atom. The molecule has 0 saturated carbocycles. The van der Waals surface area contributed by atoms with Crippen LogP contribution in [0.1, 0.15) is 24.1 Å². The molecule has 3 aromatic rings. The van der Waals surface area contributed by atoms with Gasteiger partial charge in [-0.2, -0.15) is 0 Å². The number of hydrogen-bond acceptors (Lipinski definition) is 4. The minimum atomic E-state index is -0.776. The number of halogens is 1. The second-order valence-corrected chi connectivity index (χ2v) is 9.01. The maximum atomic E-state index is 12.4. The monoisotopic (exact) mass is 482 g/mol. The molecule has 1 aliphatic rings. The molecule has 1 aromatic heterocycles. The maximum Gasteiger partial charge on any atom is 0.319 e. The fourth-order valence-corrected chi connectivity index (χ4v) is 4.36. The van der Waals surface area contributed by atoms with Crippen molar-refractivity contribution >= 4 is 38.6 Å². The number of nitrogens with one attached hydrogen (secondary N) is 2. The largest absolute Gasteiger partial charge is 0.385 e. The Labute approximate surface area is 190 Å². The lowest BCUT2D eigenvalue weighted by Crippen LogP contribution is -2.45. The van der Waals surface area contributed by atoms with Crippen molar-refractivity contribution in [2.24, 2.45) is 0 Å². The molecule has 0 spiro atoms. The number of urea groups is 1. The summed E-state index contributed by atoms with van der Waals surface area (Å²) in [7, 11) is 0. The van der Waals surface area contributed by atoms with E-state index in [1.165, 1.54) is 0 Å². The molecule has 2 heterocycles. The highest BCUT2D eigenvalue weighted by atomic mass is 79.9. The van der Waals surface area contributed by atoms with Crippen LogP contribution in [0.15, 0.2) is 59.1 Å². The number of benzene rings is 2.